The highest BCUT2D eigenvalue weighted by Gasteiger charge is 2.33. The van der Waals surface area contributed by atoms with Crippen LogP contribution in [0.3, 0.4) is 0 Å². The second-order valence-corrected chi connectivity index (χ2v) is 10.0. The van der Waals surface area contributed by atoms with Crippen LogP contribution in [0.4, 0.5) is 0 Å². The number of carbonyl (C=O) groups excluding carboxylic acids is 1. The standard InChI is InChI=1S/C27H27BrN2O7S/c1-7-37-26(32)23-14(2)29-27-30(24(23)15-8-9-18(33-3)17(28)10-15)25(31)22(38-27)12-16-11-20(35-5)21(36-6)13-19(16)34-4/h8-13,24H,7H2,1-6H3/b22-12+/t24-/m0/s1. The number of hydrogen-bond donors (Lipinski definition) is 0. The van der Waals surface area contributed by atoms with Crippen LogP contribution in [0.2, 0.25) is 0 Å². The van der Waals surface area contributed by atoms with E-state index >= 15 is 0 Å². The zero-order valence-corrected chi connectivity index (χ0v) is 24.2. The molecule has 0 aliphatic carbocycles. The SMILES string of the molecule is CCOC(=O)C1=C(C)N=c2s/c(=C/c3cc(OC)c(OC)cc3OC)c(=O)n2[C@H]1c1ccc(OC)c(Br)c1. The smallest absolute Gasteiger partial charge is 0.338 e. The van der Waals surface area contributed by atoms with Crippen molar-refractivity contribution in [3.05, 3.63) is 76.9 Å². The molecule has 38 heavy (non-hydrogen) atoms. The highest BCUT2D eigenvalue weighted by Crippen LogP contribution is 2.36. The summed E-state index contributed by atoms with van der Waals surface area (Å²) in [5, 5.41) is 0. The Bertz CT molecular complexity index is 1610. The first-order valence-corrected chi connectivity index (χ1v) is 13.2. The van der Waals surface area contributed by atoms with Crippen LogP contribution in [0, 0.1) is 0 Å². The predicted octanol–water partition coefficient (Wildman–Crippen LogP) is 3.60. The Kier molecular flexibility index (Phi) is 8.27. The maximum absolute atomic E-state index is 13.9. The topological polar surface area (TPSA) is 97.6 Å². The largest absolute Gasteiger partial charge is 0.496 e. The molecular weight excluding hydrogens is 576 g/mol. The molecule has 9 nitrogen and oxygen atoms in total. The summed E-state index contributed by atoms with van der Waals surface area (Å²) in [7, 11) is 6.18. The molecule has 1 atom stereocenters. The van der Waals surface area contributed by atoms with E-state index in [1.807, 2.05) is 12.1 Å². The minimum Gasteiger partial charge on any atom is -0.496 e. The first-order valence-electron chi connectivity index (χ1n) is 11.6. The lowest BCUT2D eigenvalue weighted by molar-refractivity contribution is -0.139. The number of allylic oxidation sites excluding steroid dienone is 1. The number of nitrogens with zero attached hydrogens (tertiary/aromatic N) is 2. The first-order chi connectivity index (χ1) is 18.3. The number of halogens is 1. The highest BCUT2D eigenvalue weighted by atomic mass is 79.9. The van der Waals surface area contributed by atoms with Gasteiger partial charge in [-0.3, -0.25) is 9.36 Å². The van der Waals surface area contributed by atoms with Crippen LogP contribution in [-0.2, 0) is 9.53 Å². The summed E-state index contributed by atoms with van der Waals surface area (Å²) in [5.41, 5.74) is 1.80. The van der Waals surface area contributed by atoms with Crippen molar-refractivity contribution in [2.75, 3.05) is 35.0 Å². The third-order valence-electron chi connectivity index (χ3n) is 6.03. The van der Waals surface area contributed by atoms with E-state index in [1.165, 1.54) is 37.2 Å². The van der Waals surface area contributed by atoms with Gasteiger partial charge < -0.3 is 23.7 Å². The molecule has 2 heterocycles. The number of thiazole rings is 1. The summed E-state index contributed by atoms with van der Waals surface area (Å²) < 4.78 is 29.7. The molecule has 200 valence electrons. The van der Waals surface area contributed by atoms with Gasteiger partial charge in [-0.2, -0.15) is 0 Å². The lowest BCUT2D eigenvalue weighted by Crippen LogP contribution is -2.40. The minimum atomic E-state index is -0.748. The fraction of sp³-hybridized carbons (Fsp3) is 0.296. The van der Waals surface area contributed by atoms with Crippen molar-refractivity contribution in [3.63, 3.8) is 0 Å². The zero-order valence-electron chi connectivity index (χ0n) is 21.8. The van der Waals surface area contributed by atoms with Crippen LogP contribution in [0.15, 0.2) is 55.9 Å². The molecule has 0 unspecified atom stereocenters. The van der Waals surface area contributed by atoms with Crippen LogP contribution in [-0.4, -0.2) is 45.6 Å². The molecule has 1 aliphatic heterocycles. The van der Waals surface area contributed by atoms with E-state index in [2.05, 4.69) is 20.9 Å². The summed E-state index contributed by atoms with van der Waals surface area (Å²) in [6.45, 7) is 3.67. The van der Waals surface area contributed by atoms with Crippen LogP contribution in [0.5, 0.6) is 23.0 Å². The number of carbonyl (C=O) groups is 1. The highest BCUT2D eigenvalue weighted by molar-refractivity contribution is 9.10. The van der Waals surface area contributed by atoms with E-state index in [4.69, 9.17) is 23.7 Å². The Balaban J connectivity index is 1.98. The van der Waals surface area contributed by atoms with Gasteiger partial charge in [-0.1, -0.05) is 17.4 Å². The first kappa shape index (κ1) is 27.5. The molecule has 0 spiro atoms. The Hall–Kier alpha value is -3.57. The molecule has 0 saturated carbocycles. The van der Waals surface area contributed by atoms with Gasteiger partial charge in [0, 0.05) is 11.6 Å². The fourth-order valence-electron chi connectivity index (χ4n) is 4.27. The second kappa shape index (κ2) is 11.4. The van der Waals surface area contributed by atoms with E-state index < -0.39 is 12.0 Å². The third kappa shape index (κ3) is 4.95. The molecule has 0 fully saturated rings. The van der Waals surface area contributed by atoms with Gasteiger partial charge in [0.15, 0.2) is 16.3 Å². The van der Waals surface area contributed by atoms with Gasteiger partial charge in [0.2, 0.25) is 0 Å². The van der Waals surface area contributed by atoms with Crippen LogP contribution in [0.25, 0.3) is 6.08 Å². The van der Waals surface area contributed by atoms with Crippen molar-refractivity contribution >= 4 is 39.3 Å². The molecule has 1 aromatic heterocycles. The molecular formula is C27H27BrN2O7S. The molecule has 11 heteroatoms. The zero-order chi connectivity index (χ0) is 27.6. The van der Waals surface area contributed by atoms with Crippen LogP contribution < -0.4 is 33.8 Å². The van der Waals surface area contributed by atoms with E-state index in [-0.39, 0.29) is 12.2 Å². The number of esters is 1. The van der Waals surface area contributed by atoms with Gasteiger partial charge in [-0.15, -0.1) is 0 Å². The second-order valence-electron chi connectivity index (χ2n) is 8.15. The number of hydrogen-bond acceptors (Lipinski definition) is 9. The predicted molar refractivity (Wildman–Crippen MR) is 147 cm³/mol. The monoisotopic (exact) mass is 602 g/mol. The number of fused-ring (bicyclic) bond motifs is 1. The Morgan fingerprint density at radius 2 is 1.68 bits per heavy atom. The average molecular weight is 603 g/mol. The van der Waals surface area contributed by atoms with Gasteiger partial charge in [-0.25, -0.2) is 9.79 Å². The van der Waals surface area contributed by atoms with Crippen molar-refractivity contribution in [3.8, 4) is 23.0 Å². The number of rotatable bonds is 8. The molecule has 0 radical (unpaired) electrons. The molecule has 4 rings (SSSR count). The summed E-state index contributed by atoms with van der Waals surface area (Å²) in [6.07, 6.45) is 1.72. The van der Waals surface area contributed by atoms with Crippen LogP contribution >= 0.6 is 27.3 Å². The number of ether oxygens (including phenoxy) is 5. The summed E-state index contributed by atoms with van der Waals surface area (Å²) >= 11 is 4.74. The normalized spacial score (nSPS) is 15.0. The maximum Gasteiger partial charge on any atom is 0.338 e. The number of benzene rings is 2. The molecule has 3 aromatic rings. The lowest BCUT2D eigenvalue weighted by Gasteiger charge is -2.25. The Labute approximate surface area is 231 Å². The van der Waals surface area contributed by atoms with Gasteiger partial charge in [0.05, 0.1) is 61.4 Å². The van der Waals surface area contributed by atoms with Crippen molar-refractivity contribution < 1.29 is 28.5 Å². The van der Waals surface area contributed by atoms with Gasteiger partial charge in [0.1, 0.15) is 11.5 Å². The van der Waals surface area contributed by atoms with Gasteiger partial charge >= 0.3 is 5.97 Å². The van der Waals surface area contributed by atoms with E-state index in [0.717, 1.165) is 0 Å². The average Bonchev–Trinajstić information content (AvgIpc) is 3.21. The van der Waals surface area contributed by atoms with E-state index in [9.17, 15) is 9.59 Å². The van der Waals surface area contributed by atoms with Crippen molar-refractivity contribution in [2.24, 2.45) is 4.99 Å². The van der Waals surface area contributed by atoms with Crippen LogP contribution in [0.1, 0.15) is 31.0 Å². The molecule has 0 saturated heterocycles. The van der Waals surface area contributed by atoms with Crippen molar-refractivity contribution in [1.29, 1.82) is 0 Å². The third-order valence-corrected chi connectivity index (χ3v) is 7.63. The van der Waals surface area contributed by atoms with Gasteiger partial charge in [-0.05, 0) is 59.6 Å². The quantitative estimate of drug-likeness (QED) is 0.363. The lowest BCUT2D eigenvalue weighted by atomic mass is 9.96. The van der Waals surface area contributed by atoms with E-state index in [1.54, 1.807) is 45.2 Å². The molecule has 2 aromatic carbocycles. The van der Waals surface area contributed by atoms with E-state index in [0.29, 0.717) is 59.2 Å². The minimum absolute atomic E-state index is 0.193. The fourth-order valence-corrected chi connectivity index (χ4v) is 5.86. The number of methoxy groups -OCH3 is 4. The number of aromatic nitrogens is 1. The Morgan fingerprint density at radius 1 is 1.03 bits per heavy atom. The molecule has 0 amide bonds. The molecule has 1 aliphatic rings. The van der Waals surface area contributed by atoms with Crippen molar-refractivity contribution in [1.82, 2.24) is 4.57 Å². The summed E-state index contributed by atoms with van der Waals surface area (Å²) in [6, 6.07) is 8.12. The van der Waals surface area contributed by atoms with Crippen molar-refractivity contribution in [2.45, 2.75) is 19.9 Å². The molecule has 0 bridgehead atoms. The summed E-state index contributed by atoms with van der Waals surface area (Å²) in [5.74, 6) is 1.60. The molecule has 0 N–H and O–H groups in total. The van der Waals surface area contributed by atoms with Gasteiger partial charge in [0.25, 0.3) is 5.56 Å². The Morgan fingerprint density at radius 3 is 2.29 bits per heavy atom. The maximum atomic E-state index is 13.9. The summed E-state index contributed by atoms with van der Waals surface area (Å²) in [4.78, 5) is 32.1.